The fourth-order valence-electron chi connectivity index (χ4n) is 1.79. The van der Waals surface area contributed by atoms with E-state index in [0.717, 1.165) is 6.42 Å². The first-order valence-electron chi connectivity index (χ1n) is 6.74. The highest BCUT2D eigenvalue weighted by Crippen LogP contribution is 2.34. The Hall–Kier alpha value is -3.07. The van der Waals surface area contributed by atoms with Crippen molar-refractivity contribution < 1.29 is 14.4 Å². The van der Waals surface area contributed by atoms with Gasteiger partial charge >= 0.3 is 0 Å². The van der Waals surface area contributed by atoms with Gasteiger partial charge in [0.05, 0.1) is 11.5 Å². The number of non-ortho nitro benzene ring substituents is 1. The molecule has 0 radical (unpaired) electrons. The molecule has 2 aromatic carbocycles. The van der Waals surface area contributed by atoms with Crippen LogP contribution in [0.15, 0.2) is 42.5 Å². The van der Waals surface area contributed by atoms with Crippen LogP contribution in [0, 0.1) is 21.4 Å². The van der Waals surface area contributed by atoms with Crippen molar-refractivity contribution in [2.24, 2.45) is 0 Å². The van der Waals surface area contributed by atoms with Crippen molar-refractivity contribution in [3.63, 3.8) is 0 Å². The molecule has 0 atom stereocenters. The number of benzene rings is 2. The highest BCUT2D eigenvalue weighted by Gasteiger charge is 2.14. The van der Waals surface area contributed by atoms with E-state index < -0.39 is 4.92 Å². The molecule has 6 nitrogen and oxygen atoms in total. The summed E-state index contributed by atoms with van der Waals surface area (Å²) in [4.78, 5) is 10.2. The second kappa shape index (κ2) is 7.09. The van der Waals surface area contributed by atoms with Gasteiger partial charge in [-0.3, -0.25) is 10.1 Å². The zero-order valence-electron chi connectivity index (χ0n) is 12.0. The minimum absolute atomic E-state index is 0.0968. The van der Waals surface area contributed by atoms with E-state index in [0.29, 0.717) is 18.1 Å². The van der Waals surface area contributed by atoms with Crippen LogP contribution in [0.1, 0.15) is 18.9 Å². The maximum atomic E-state index is 10.7. The van der Waals surface area contributed by atoms with Gasteiger partial charge in [-0.05, 0) is 24.6 Å². The number of ether oxygens (including phenoxy) is 2. The highest BCUT2D eigenvalue weighted by molar-refractivity contribution is 5.53. The molecule has 0 N–H and O–H groups in total. The molecule has 0 saturated carbocycles. The Labute approximate surface area is 127 Å². The molecule has 22 heavy (non-hydrogen) atoms. The van der Waals surface area contributed by atoms with Crippen molar-refractivity contribution in [2.45, 2.75) is 13.3 Å². The fraction of sp³-hybridized carbons (Fsp3) is 0.188. The Morgan fingerprint density at radius 2 is 1.91 bits per heavy atom. The van der Waals surface area contributed by atoms with E-state index >= 15 is 0 Å². The van der Waals surface area contributed by atoms with Gasteiger partial charge in [0.1, 0.15) is 17.4 Å². The summed E-state index contributed by atoms with van der Waals surface area (Å²) in [6, 6.07) is 12.9. The third-order valence-corrected chi connectivity index (χ3v) is 2.83. The average molecular weight is 298 g/mol. The summed E-state index contributed by atoms with van der Waals surface area (Å²) in [6.07, 6.45) is 0.856. The van der Waals surface area contributed by atoms with E-state index in [2.05, 4.69) is 0 Å². The lowest BCUT2D eigenvalue weighted by Gasteiger charge is -2.12. The molecule has 0 saturated heterocycles. The Morgan fingerprint density at radius 1 is 1.18 bits per heavy atom. The van der Waals surface area contributed by atoms with Gasteiger partial charge in [0.25, 0.3) is 5.69 Å². The molecule has 0 heterocycles. The predicted molar refractivity (Wildman–Crippen MR) is 80.1 cm³/mol. The zero-order valence-corrected chi connectivity index (χ0v) is 12.0. The van der Waals surface area contributed by atoms with E-state index in [9.17, 15) is 10.1 Å². The van der Waals surface area contributed by atoms with Gasteiger partial charge in [0.2, 0.25) is 0 Å². The van der Waals surface area contributed by atoms with Crippen LogP contribution in [-0.2, 0) is 0 Å². The van der Waals surface area contributed by atoms with Crippen molar-refractivity contribution in [2.75, 3.05) is 6.61 Å². The molecule has 0 fully saturated rings. The minimum Gasteiger partial charge on any atom is -0.490 e. The third kappa shape index (κ3) is 3.52. The Kier molecular flexibility index (Phi) is 4.94. The number of nitro benzene ring substituents is 1. The largest absolute Gasteiger partial charge is 0.490 e. The van der Waals surface area contributed by atoms with E-state index in [1.807, 2.05) is 19.1 Å². The molecule has 0 aliphatic rings. The molecule has 0 amide bonds. The monoisotopic (exact) mass is 298 g/mol. The minimum atomic E-state index is -0.553. The molecule has 2 aromatic rings. The summed E-state index contributed by atoms with van der Waals surface area (Å²) in [5.41, 5.74) is -0.0566. The lowest BCUT2D eigenvalue weighted by atomic mass is 10.2. The van der Waals surface area contributed by atoms with Gasteiger partial charge in [-0.2, -0.15) is 5.26 Å². The zero-order chi connectivity index (χ0) is 15.9. The molecule has 0 aliphatic heterocycles. The van der Waals surface area contributed by atoms with Crippen LogP contribution in [-0.4, -0.2) is 11.5 Å². The van der Waals surface area contributed by atoms with Crippen molar-refractivity contribution in [1.29, 1.82) is 5.26 Å². The van der Waals surface area contributed by atoms with Crippen LogP contribution < -0.4 is 9.47 Å². The van der Waals surface area contributed by atoms with Gasteiger partial charge in [-0.15, -0.1) is 0 Å². The molecule has 0 spiro atoms. The lowest BCUT2D eigenvalue weighted by molar-refractivity contribution is -0.384. The third-order valence-electron chi connectivity index (χ3n) is 2.83. The summed E-state index contributed by atoms with van der Waals surface area (Å²) in [7, 11) is 0. The number of rotatable bonds is 6. The molecule has 0 aromatic heterocycles. The first-order valence-corrected chi connectivity index (χ1v) is 6.74. The summed E-state index contributed by atoms with van der Waals surface area (Å²) in [5.74, 6) is 1.27. The SMILES string of the molecule is CCCOc1ccccc1Oc1ccc([N+](=O)[O-])cc1C#N. The molecular formula is C16H14N2O4. The normalized spacial score (nSPS) is 9.82. The molecule has 0 bridgehead atoms. The molecule has 2 rings (SSSR count). The Bertz CT molecular complexity index is 722. The number of hydrogen-bond donors (Lipinski definition) is 0. The Morgan fingerprint density at radius 3 is 2.55 bits per heavy atom. The number of nitrogens with zero attached hydrogens (tertiary/aromatic N) is 2. The van der Waals surface area contributed by atoms with Gasteiger partial charge < -0.3 is 9.47 Å². The standard InChI is InChI=1S/C16H14N2O4/c1-2-9-21-15-5-3-4-6-16(15)22-14-8-7-13(18(19)20)10-12(14)11-17/h3-8,10H,2,9H2,1H3. The van der Waals surface area contributed by atoms with Gasteiger partial charge in [-0.25, -0.2) is 0 Å². The van der Waals surface area contributed by atoms with Crippen LogP contribution in [0.4, 0.5) is 5.69 Å². The summed E-state index contributed by atoms with van der Waals surface area (Å²) < 4.78 is 11.3. The van der Waals surface area contributed by atoms with Gasteiger partial charge in [-0.1, -0.05) is 19.1 Å². The number of hydrogen-bond acceptors (Lipinski definition) is 5. The molecule has 112 valence electrons. The van der Waals surface area contributed by atoms with Crippen LogP contribution >= 0.6 is 0 Å². The second-order valence-corrected chi connectivity index (χ2v) is 4.45. The van der Waals surface area contributed by atoms with Crippen LogP contribution in [0.3, 0.4) is 0 Å². The Balaban J connectivity index is 2.31. The average Bonchev–Trinajstić information content (AvgIpc) is 2.54. The van der Waals surface area contributed by atoms with E-state index in [4.69, 9.17) is 14.7 Å². The summed E-state index contributed by atoms with van der Waals surface area (Å²) >= 11 is 0. The van der Waals surface area contributed by atoms with E-state index in [-0.39, 0.29) is 17.0 Å². The van der Waals surface area contributed by atoms with E-state index in [1.54, 1.807) is 18.2 Å². The van der Waals surface area contributed by atoms with E-state index in [1.165, 1.54) is 18.2 Å². The van der Waals surface area contributed by atoms with Crippen LogP contribution in [0.5, 0.6) is 17.2 Å². The quantitative estimate of drug-likeness (QED) is 0.593. The summed E-state index contributed by atoms with van der Waals surface area (Å²) in [5, 5.41) is 19.9. The number of nitro groups is 1. The fourth-order valence-corrected chi connectivity index (χ4v) is 1.79. The first-order chi connectivity index (χ1) is 10.7. The first kappa shape index (κ1) is 15.3. The topological polar surface area (TPSA) is 85.4 Å². The lowest BCUT2D eigenvalue weighted by Crippen LogP contribution is -1.98. The number of para-hydroxylation sites is 2. The predicted octanol–water partition coefficient (Wildman–Crippen LogP) is 4.05. The van der Waals surface area contributed by atoms with Gasteiger partial charge in [0.15, 0.2) is 11.5 Å². The maximum Gasteiger partial charge on any atom is 0.271 e. The van der Waals surface area contributed by atoms with Crippen LogP contribution in [0.2, 0.25) is 0 Å². The molecule has 0 unspecified atom stereocenters. The van der Waals surface area contributed by atoms with Crippen molar-refractivity contribution in [3.05, 3.63) is 58.1 Å². The second-order valence-electron chi connectivity index (χ2n) is 4.45. The molecule has 0 aliphatic carbocycles. The van der Waals surface area contributed by atoms with Crippen molar-refractivity contribution >= 4 is 5.69 Å². The molecular weight excluding hydrogens is 284 g/mol. The maximum absolute atomic E-state index is 10.7. The summed E-state index contributed by atoms with van der Waals surface area (Å²) in [6.45, 7) is 2.54. The smallest absolute Gasteiger partial charge is 0.271 e. The van der Waals surface area contributed by atoms with Crippen molar-refractivity contribution in [3.8, 4) is 23.3 Å². The van der Waals surface area contributed by atoms with Crippen molar-refractivity contribution in [1.82, 2.24) is 0 Å². The highest BCUT2D eigenvalue weighted by atomic mass is 16.6. The van der Waals surface area contributed by atoms with Gasteiger partial charge in [0, 0.05) is 12.1 Å². The number of nitriles is 1. The van der Waals surface area contributed by atoms with Crippen LogP contribution in [0.25, 0.3) is 0 Å². The molecule has 6 heteroatoms.